The van der Waals surface area contributed by atoms with Gasteiger partial charge in [0, 0.05) is 19.6 Å². The molecule has 17 heavy (non-hydrogen) atoms. The van der Waals surface area contributed by atoms with Crippen molar-refractivity contribution in [2.24, 2.45) is 11.8 Å². The second-order valence-electron chi connectivity index (χ2n) is 5.83. The van der Waals surface area contributed by atoms with E-state index in [0.29, 0.717) is 19.0 Å². The molecule has 0 aromatic carbocycles. The van der Waals surface area contributed by atoms with Crippen molar-refractivity contribution in [2.45, 2.75) is 32.8 Å². The molecular weight excluding hydrogens is 220 g/mol. The number of amides is 2. The van der Waals surface area contributed by atoms with Crippen LogP contribution in [0.1, 0.15) is 27.2 Å². The first-order chi connectivity index (χ1) is 7.87. The van der Waals surface area contributed by atoms with Gasteiger partial charge in [0.05, 0.1) is 5.92 Å². The van der Waals surface area contributed by atoms with E-state index in [1.807, 2.05) is 20.8 Å². The van der Waals surface area contributed by atoms with Crippen LogP contribution in [-0.2, 0) is 9.53 Å². The Balaban J connectivity index is 1.97. The van der Waals surface area contributed by atoms with Crippen molar-refractivity contribution in [3.8, 4) is 0 Å². The predicted octanol–water partition coefficient (Wildman–Crippen LogP) is 0.989. The first-order valence-corrected chi connectivity index (χ1v) is 6.12. The van der Waals surface area contributed by atoms with Crippen molar-refractivity contribution in [2.75, 3.05) is 19.6 Å². The van der Waals surface area contributed by atoms with Gasteiger partial charge in [0.1, 0.15) is 5.60 Å². The number of nitrogens with one attached hydrogen (secondary N) is 1. The first kappa shape index (κ1) is 12.2. The van der Waals surface area contributed by atoms with Gasteiger partial charge in [-0.3, -0.25) is 4.79 Å². The lowest BCUT2D eigenvalue weighted by Crippen LogP contribution is -2.41. The van der Waals surface area contributed by atoms with Crippen LogP contribution in [0.2, 0.25) is 0 Å². The molecule has 2 atom stereocenters. The summed E-state index contributed by atoms with van der Waals surface area (Å²) in [6.07, 6.45) is 0.648. The molecular formula is C12H20N2O3. The highest BCUT2D eigenvalue weighted by atomic mass is 16.6. The van der Waals surface area contributed by atoms with Gasteiger partial charge in [-0.1, -0.05) is 0 Å². The Kier molecular flexibility index (Phi) is 3.02. The fourth-order valence-electron chi connectivity index (χ4n) is 2.45. The Morgan fingerprint density at radius 3 is 2.71 bits per heavy atom. The van der Waals surface area contributed by atoms with Crippen LogP contribution in [0.25, 0.3) is 0 Å². The molecule has 0 aliphatic carbocycles. The van der Waals surface area contributed by atoms with E-state index in [1.54, 1.807) is 4.90 Å². The lowest BCUT2D eigenvalue weighted by atomic mass is 9.89. The smallest absolute Gasteiger partial charge is 0.410 e. The molecule has 96 valence electrons. The molecule has 2 aliphatic rings. The molecule has 0 saturated carbocycles. The molecule has 0 bridgehead atoms. The van der Waals surface area contributed by atoms with Gasteiger partial charge < -0.3 is 15.0 Å². The van der Waals surface area contributed by atoms with E-state index in [4.69, 9.17) is 4.74 Å². The molecule has 0 radical (unpaired) electrons. The summed E-state index contributed by atoms with van der Waals surface area (Å²) in [6.45, 7) is 7.41. The van der Waals surface area contributed by atoms with Crippen molar-refractivity contribution in [3.05, 3.63) is 0 Å². The quantitative estimate of drug-likeness (QED) is 0.687. The SMILES string of the molecule is CC(C)(C)OC(=O)N1C[C@@H]2CCNC(=O)[C@@H]2C1. The highest BCUT2D eigenvalue weighted by molar-refractivity contribution is 5.81. The molecule has 0 aromatic heterocycles. The molecule has 2 heterocycles. The van der Waals surface area contributed by atoms with Crippen molar-refractivity contribution < 1.29 is 14.3 Å². The molecule has 0 unspecified atom stereocenters. The molecule has 2 amide bonds. The summed E-state index contributed by atoms with van der Waals surface area (Å²) in [6, 6.07) is 0. The maximum Gasteiger partial charge on any atom is 0.410 e. The summed E-state index contributed by atoms with van der Waals surface area (Å²) >= 11 is 0. The maximum absolute atomic E-state index is 11.9. The number of likely N-dealkylation sites (tertiary alicyclic amines) is 1. The number of hydrogen-bond donors (Lipinski definition) is 1. The Morgan fingerprint density at radius 1 is 1.41 bits per heavy atom. The van der Waals surface area contributed by atoms with E-state index in [9.17, 15) is 9.59 Å². The Bertz CT molecular complexity index is 335. The largest absolute Gasteiger partial charge is 0.444 e. The molecule has 0 aromatic rings. The third kappa shape index (κ3) is 2.70. The highest BCUT2D eigenvalue weighted by Gasteiger charge is 2.42. The van der Waals surface area contributed by atoms with Crippen LogP contribution in [-0.4, -0.2) is 42.1 Å². The molecule has 5 heteroatoms. The minimum atomic E-state index is -0.479. The third-order valence-electron chi connectivity index (χ3n) is 3.24. The summed E-state index contributed by atoms with van der Waals surface area (Å²) in [5.74, 6) is 0.333. The van der Waals surface area contributed by atoms with Gasteiger partial charge in [0.2, 0.25) is 5.91 Å². The van der Waals surface area contributed by atoms with Crippen LogP contribution < -0.4 is 5.32 Å². The second-order valence-corrected chi connectivity index (χ2v) is 5.83. The van der Waals surface area contributed by atoms with Crippen molar-refractivity contribution in [1.82, 2.24) is 10.2 Å². The van der Waals surface area contributed by atoms with E-state index in [-0.39, 0.29) is 17.9 Å². The number of nitrogens with zero attached hydrogens (tertiary/aromatic N) is 1. The summed E-state index contributed by atoms with van der Waals surface area (Å²) in [5, 5.41) is 2.84. The average Bonchev–Trinajstić information content (AvgIpc) is 2.60. The van der Waals surface area contributed by atoms with Crippen LogP contribution >= 0.6 is 0 Å². The van der Waals surface area contributed by atoms with Gasteiger partial charge in [-0.05, 0) is 33.1 Å². The van der Waals surface area contributed by atoms with Crippen LogP contribution in [0.4, 0.5) is 4.79 Å². The van der Waals surface area contributed by atoms with Gasteiger partial charge in [0.15, 0.2) is 0 Å². The number of hydrogen-bond acceptors (Lipinski definition) is 3. The van der Waals surface area contributed by atoms with Gasteiger partial charge in [0.25, 0.3) is 0 Å². The number of ether oxygens (including phenoxy) is 1. The Morgan fingerprint density at radius 2 is 2.12 bits per heavy atom. The second kappa shape index (κ2) is 4.20. The molecule has 2 aliphatic heterocycles. The van der Waals surface area contributed by atoms with Crippen LogP contribution in [0, 0.1) is 11.8 Å². The summed E-state index contributed by atoms with van der Waals surface area (Å²) in [7, 11) is 0. The third-order valence-corrected chi connectivity index (χ3v) is 3.24. The molecule has 1 N–H and O–H groups in total. The maximum atomic E-state index is 11.9. The van der Waals surface area contributed by atoms with E-state index in [2.05, 4.69) is 5.32 Å². The minimum Gasteiger partial charge on any atom is -0.444 e. The number of fused-ring (bicyclic) bond motifs is 1. The zero-order valence-corrected chi connectivity index (χ0v) is 10.7. The number of rotatable bonds is 0. The van der Waals surface area contributed by atoms with Crippen LogP contribution in [0.5, 0.6) is 0 Å². The lowest BCUT2D eigenvalue weighted by molar-refractivity contribution is -0.127. The standard InChI is InChI=1S/C12H20N2O3/c1-12(2,3)17-11(16)14-6-8-4-5-13-10(15)9(8)7-14/h8-9H,4-7H2,1-3H3,(H,13,15)/t8-,9+/m0/s1. The van der Waals surface area contributed by atoms with E-state index < -0.39 is 5.60 Å². The Hall–Kier alpha value is -1.26. The number of carbonyl (C=O) groups is 2. The first-order valence-electron chi connectivity index (χ1n) is 6.12. The molecule has 5 nitrogen and oxygen atoms in total. The summed E-state index contributed by atoms with van der Waals surface area (Å²) in [4.78, 5) is 25.2. The van der Waals surface area contributed by atoms with Crippen molar-refractivity contribution in [1.29, 1.82) is 0 Å². The zero-order valence-electron chi connectivity index (χ0n) is 10.7. The van der Waals surface area contributed by atoms with Crippen molar-refractivity contribution in [3.63, 3.8) is 0 Å². The van der Waals surface area contributed by atoms with Gasteiger partial charge in [-0.25, -0.2) is 4.79 Å². The highest BCUT2D eigenvalue weighted by Crippen LogP contribution is 2.29. The van der Waals surface area contributed by atoms with Crippen LogP contribution in [0.3, 0.4) is 0 Å². The fraction of sp³-hybridized carbons (Fsp3) is 0.833. The lowest BCUT2D eigenvalue weighted by Gasteiger charge is -2.24. The number of piperidine rings is 1. The summed E-state index contributed by atoms with van der Waals surface area (Å²) < 4.78 is 5.32. The Labute approximate surface area is 101 Å². The monoisotopic (exact) mass is 240 g/mol. The predicted molar refractivity (Wildman–Crippen MR) is 62.4 cm³/mol. The molecule has 2 saturated heterocycles. The van der Waals surface area contributed by atoms with E-state index >= 15 is 0 Å². The van der Waals surface area contributed by atoms with Gasteiger partial charge >= 0.3 is 6.09 Å². The summed E-state index contributed by atoms with van der Waals surface area (Å²) in [5.41, 5.74) is -0.479. The number of carbonyl (C=O) groups excluding carboxylic acids is 2. The fourth-order valence-corrected chi connectivity index (χ4v) is 2.45. The van der Waals surface area contributed by atoms with Crippen molar-refractivity contribution >= 4 is 12.0 Å². The van der Waals surface area contributed by atoms with E-state index in [0.717, 1.165) is 13.0 Å². The van der Waals surface area contributed by atoms with Crippen LogP contribution in [0.15, 0.2) is 0 Å². The normalized spacial score (nSPS) is 28.6. The van der Waals surface area contributed by atoms with E-state index in [1.165, 1.54) is 0 Å². The average molecular weight is 240 g/mol. The molecule has 2 rings (SSSR count). The topological polar surface area (TPSA) is 58.6 Å². The van der Waals surface area contributed by atoms with Gasteiger partial charge in [-0.2, -0.15) is 0 Å². The minimum absolute atomic E-state index is 0.0451. The van der Waals surface area contributed by atoms with Gasteiger partial charge in [-0.15, -0.1) is 0 Å². The molecule has 0 spiro atoms. The molecule has 2 fully saturated rings. The zero-order chi connectivity index (χ0) is 12.6.